The quantitative estimate of drug-likeness (QED) is 0.130. The maximum absolute atomic E-state index is 14.0. The third-order valence-electron chi connectivity index (χ3n) is 9.80. The summed E-state index contributed by atoms with van der Waals surface area (Å²) in [5, 5.41) is 5.86. The molecule has 4 rings (SSSR count). The molecule has 1 unspecified atom stereocenters. The molecular formula is C43H55ClN2O12. The maximum atomic E-state index is 14.0. The lowest BCUT2D eigenvalue weighted by molar-refractivity contribution is -0.233. The van der Waals surface area contributed by atoms with Crippen molar-refractivity contribution < 1.29 is 57.1 Å². The summed E-state index contributed by atoms with van der Waals surface area (Å²) < 4.78 is 40.1. The molecule has 0 bridgehead atoms. The van der Waals surface area contributed by atoms with Crippen LogP contribution in [-0.2, 0) is 58.8 Å². The van der Waals surface area contributed by atoms with E-state index in [1.807, 2.05) is 51.1 Å². The van der Waals surface area contributed by atoms with Crippen molar-refractivity contribution in [2.75, 3.05) is 27.4 Å². The van der Waals surface area contributed by atoms with E-state index in [4.69, 9.17) is 44.8 Å². The van der Waals surface area contributed by atoms with Crippen molar-refractivity contribution in [1.29, 1.82) is 0 Å². The summed E-state index contributed by atoms with van der Waals surface area (Å²) >= 11 is 6.38. The molecule has 1 fully saturated rings. The second-order valence-corrected chi connectivity index (χ2v) is 15.1. The van der Waals surface area contributed by atoms with Gasteiger partial charge >= 0.3 is 17.9 Å². The molecule has 2 aromatic carbocycles. The molecular weight excluding hydrogens is 772 g/mol. The Morgan fingerprint density at radius 3 is 2.45 bits per heavy atom. The lowest BCUT2D eigenvalue weighted by Gasteiger charge is -2.31. The lowest BCUT2D eigenvalue weighted by atomic mass is 9.89. The first-order valence-corrected chi connectivity index (χ1v) is 19.8. The van der Waals surface area contributed by atoms with Crippen molar-refractivity contribution in [3.05, 3.63) is 89.5 Å². The van der Waals surface area contributed by atoms with E-state index < -0.39 is 78.5 Å². The second kappa shape index (κ2) is 23.0. The number of amides is 2. The van der Waals surface area contributed by atoms with Gasteiger partial charge in [0, 0.05) is 38.8 Å². The van der Waals surface area contributed by atoms with Crippen LogP contribution in [0.5, 0.6) is 5.75 Å². The molecule has 2 aliphatic heterocycles. The molecule has 1 saturated heterocycles. The Kier molecular flexibility index (Phi) is 18.2. The summed E-state index contributed by atoms with van der Waals surface area (Å²) in [5.74, 6) is -4.35. The van der Waals surface area contributed by atoms with Crippen molar-refractivity contribution in [2.45, 2.75) is 96.2 Å². The summed E-state index contributed by atoms with van der Waals surface area (Å²) in [6.45, 7) is 7.98. The van der Waals surface area contributed by atoms with Crippen molar-refractivity contribution in [1.82, 2.24) is 10.6 Å². The first-order chi connectivity index (χ1) is 27.8. The number of halogens is 1. The Bertz CT molecular complexity index is 1740. The van der Waals surface area contributed by atoms with Crippen molar-refractivity contribution in [3.63, 3.8) is 0 Å². The highest BCUT2D eigenvalue weighted by atomic mass is 35.5. The van der Waals surface area contributed by atoms with Gasteiger partial charge in [0.2, 0.25) is 11.8 Å². The van der Waals surface area contributed by atoms with E-state index in [2.05, 4.69) is 17.2 Å². The van der Waals surface area contributed by atoms with E-state index >= 15 is 0 Å². The number of methoxy groups -OCH3 is 2. The number of cyclic esters (lactones) is 2. The highest BCUT2D eigenvalue weighted by molar-refractivity contribution is 6.32. The lowest BCUT2D eigenvalue weighted by Crippen LogP contribution is -2.49. The van der Waals surface area contributed by atoms with Gasteiger partial charge in [-0.3, -0.25) is 19.2 Å². The number of nitrogens with one attached hydrogen (secondary N) is 2. The monoisotopic (exact) mass is 826 g/mol. The highest BCUT2D eigenvalue weighted by Crippen LogP contribution is 2.39. The number of ether oxygens (including phenoxy) is 7. The zero-order valence-electron chi connectivity index (χ0n) is 33.7. The number of benzene rings is 2. The first-order valence-electron chi connectivity index (χ1n) is 19.5. The fourth-order valence-electron chi connectivity index (χ4n) is 6.69. The largest absolute Gasteiger partial charge is 0.495 e. The van der Waals surface area contributed by atoms with Gasteiger partial charge < -0.3 is 43.8 Å². The predicted molar refractivity (Wildman–Crippen MR) is 213 cm³/mol. The predicted octanol–water partition coefficient (Wildman–Crippen LogP) is 5.56. The fourth-order valence-corrected chi connectivity index (χ4v) is 6.97. The van der Waals surface area contributed by atoms with E-state index in [-0.39, 0.29) is 57.6 Å². The molecule has 14 nitrogen and oxygen atoms in total. The number of hydrogen-bond acceptors (Lipinski definition) is 12. The fraction of sp³-hybridized carbons (Fsp3) is 0.512. The third kappa shape index (κ3) is 13.7. The minimum absolute atomic E-state index is 0.00724. The molecule has 0 saturated carbocycles. The molecule has 8 atom stereocenters. The second-order valence-electron chi connectivity index (χ2n) is 14.7. The molecule has 2 aromatic rings. The molecule has 58 heavy (non-hydrogen) atoms. The molecule has 316 valence electrons. The van der Waals surface area contributed by atoms with Crippen LogP contribution in [0.3, 0.4) is 0 Å². The molecule has 0 spiro atoms. The van der Waals surface area contributed by atoms with Crippen LogP contribution in [0.1, 0.15) is 70.1 Å². The van der Waals surface area contributed by atoms with Gasteiger partial charge in [0.25, 0.3) is 6.48 Å². The number of carbonyl (C=O) groups is 5. The van der Waals surface area contributed by atoms with E-state index in [0.29, 0.717) is 16.3 Å². The van der Waals surface area contributed by atoms with Gasteiger partial charge in [0.1, 0.15) is 30.6 Å². The molecule has 0 aromatic heterocycles. The highest BCUT2D eigenvalue weighted by Gasteiger charge is 2.44. The van der Waals surface area contributed by atoms with Crippen LogP contribution in [-0.4, -0.2) is 87.9 Å². The zero-order chi connectivity index (χ0) is 42.2. The van der Waals surface area contributed by atoms with Crippen LogP contribution in [0.2, 0.25) is 5.02 Å². The standard InChI is InChI=1S/C43H55ClN2O12/c1-7-21-54-37(48)18-11-15-30-25-45-40(49)32(24-28-19-20-34(52-5)31(44)23-28)46-36(47)17-12-16-33(55-42(51)35(22-26(2)3)56-41(30)50)27(4)38-39(58-43(53-6)57-38)29-13-9-8-10-14-29/h7-10,12-14,17,19-20,23,26-27,30,32-33,35,38-39,43H,1,11,15-16,18,21-22,24-25H2,2-6H3,(H,45,49)(H,46,47)/b17-12+/t27-,30+,32+,33-,35-,38+,39+,43?/m0/s1. The van der Waals surface area contributed by atoms with Gasteiger partial charge in [-0.15, -0.1) is 0 Å². The molecule has 0 aliphatic carbocycles. The summed E-state index contributed by atoms with van der Waals surface area (Å²) in [6.07, 6.45) is 1.40. The van der Waals surface area contributed by atoms with Crippen LogP contribution >= 0.6 is 11.6 Å². The topological polar surface area (TPSA) is 174 Å². The molecule has 2 amide bonds. The molecule has 15 heteroatoms. The van der Waals surface area contributed by atoms with E-state index in [1.165, 1.54) is 26.4 Å². The Morgan fingerprint density at radius 1 is 1.02 bits per heavy atom. The number of hydrogen-bond donors (Lipinski definition) is 2. The van der Waals surface area contributed by atoms with Crippen molar-refractivity contribution >= 4 is 41.3 Å². The Labute approximate surface area is 344 Å². The molecule has 2 heterocycles. The summed E-state index contributed by atoms with van der Waals surface area (Å²) in [5.41, 5.74) is 1.46. The normalized spacial score (nSPS) is 25.8. The third-order valence-corrected chi connectivity index (χ3v) is 10.1. The molecule has 2 aliphatic rings. The summed E-state index contributed by atoms with van der Waals surface area (Å²) in [7, 11) is 2.94. The average Bonchev–Trinajstić information content (AvgIpc) is 3.64. The summed E-state index contributed by atoms with van der Waals surface area (Å²) in [4.78, 5) is 67.5. The average molecular weight is 827 g/mol. The van der Waals surface area contributed by atoms with E-state index in [0.717, 1.165) is 5.56 Å². The van der Waals surface area contributed by atoms with Crippen molar-refractivity contribution in [2.24, 2.45) is 17.8 Å². The Balaban J connectivity index is 1.68. The van der Waals surface area contributed by atoms with Gasteiger partial charge in [-0.2, -0.15) is 0 Å². The van der Waals surface area contributed by atoms with Gasteiger partial charge in [-0.25, -0.2) is 4.79 Å². The van der Waals surface area contributed by atoms with E-state index in [9.17, 15) is 24.0 Å². The van der Waals surface area contributed by atoms with Crippen LogP contribution in [0.25, 0.3) is 0 Å². The SMILES string of the molecule is C=CCOC(=O)CCC[C@@H]1CNC(=O)[C@@H](Cc2ccc(OC)c(Cl)c2)NC(=O)/C=C/C[C@@H]([C@H](C)[C@H]2OC(OC)O[C@@H]2c2ccccc2)OC(=O)[C@H](CC(C)C)OC1=O. The smallest absolute Gasteiger partial charge is 0.347 e. The van der Waals surface area contributed by atoms with Gasteiger partial charge in [0.15, 0.2) is 6.10 Å². The number of rotatable bonds is 15. The van der Waals surface area contributed by atoms with E-state index in [1.54, 1.807) is 24.3 Å². The molecule has 2 N–H and O–H groups in total. The minimum atomic E-state index is -1.30. The van der Waals surface area contributed by atoms with Crippen LogP contribution in [0.15, 0.2) is 73.3 Å². The minimum Gasteiger partial charge on any atom is -0.495 e. The van der Waals surface area contributed by atoms with Crippen LogP contribution in [0.4, 0.5) is 0 Å². The van der Waals surface area contributed by atoms with Crippen LogP contribution < -0.4 is 15.4 Å². The van der Waals surface area contributed by atoms with Gasteiger partial charge in [0.05, 0.1) is 24.2 Å². The zero-order valence-corrected chi connectivity index (χ0v) is 34.4. The molecule has 0 radical (unpaired) electrons. The van der Waals surface area contributed by atoms with Gasteiger partial charge in [-0.05, 0) is 54.5 Å². The van der Waals surface area contributed by atoms with Crippen LogP contribution in [0, 0.1) is 17.8 Å². The van der Waals surface area contributed by atoms with Crippen molar-refractivity contribution in [3.8, 4) is 5.75 Å². The Morgan fingerprint density at radius 2 is 1.78 bits per heavy atom. The van der Waals surface area contributed by atoms with Gasteiger partial charge in [-0.1, -0.05) is 87.5 Å². The Hall–Kier alpha value is -4.76. The maximum Gasteiger partial charge on any atom is 0.347 e. The summed E-state index contributed by atoms with van der Waals surface area (Å²) in [6, 6.07) is 13.3. The first kappa shape index (κ1) is 45.9. The number of carbonyl (C=O) groups excluding carboxylic acids is 5. The number of esters is 3.